The van der Waals surface area contributed by atoms with E-state index in [1.54, 1.807) is 11.3 Å². The van der Waals surface area contributed by atoms with E-state index >= 15 is 0 Å². The van der Waals surface area contributed by atoms with Crippen molar-refractivity contribution in [3.05, 3.63) is 22.4 Å². The molecule has 1 aromatic heterocycles. The highest BCUT2D eigenvalue weighted by molar-refractivity contribution is 7.10. The van der Waals surface area contributed by atoms with Gasteiger partial charge in [-0.05, 0) is 44.2 Å². The van der Waals surface area contributed by atoms with Gasteiger partial charge in [0.05, 0.1) is 6.42 Å². The molecule has 2 unspecified atom stereocenters. The van der Waals surface area contributed by atoms with E-state index in [1.807, 2.05) is 17.5 Å². The molecule has 0 saturated carbocycles. The Morgan fingerprint density at radius 3 is 2.78 bits per heavy atom. The minimum atomic E-state index is -0.0635. The molecular formula is C14H19NO2S. The number of nitrogens with zero attached hydrogens (tertiary/aromatic N) is 1. The van der Waals surface area contributed by atoms with Gasteiger partial charge in [-0.2, -0.15) is 0 Å². The SMILES string of the molecule is CN1C2CCC1CC(OC(=O)Cc1cccs1)C2. The van der Waals surface area contributed by atoms with Crippen molar-refractivity contribution in [3.63, 3.8) is 0 Å². The second kappa shape index (κ2) is 5.02. The minimum absolute atomic E-state index is 0.0635. The highest BCUT2D eigenvalue weighted by Crippen LogP contribution is 2.35. The van der Waals surface area contributed by atoms with Gasteiger partial charge in [-0.15, -0.1) is 11.3 Å². The van der Waals surface area contributed by atoms with Crippen LogP contribution in [0.5, 0.6) is 0 Å². The predicted octanol–water partition coefficient (Wildman–Crippen LogP) is 2.46. The van der Waals surface area contributed by atoms with Gasteiger partial charge in [0.15, 0.2) is 0 Å². The molecule has 2 aliphatic heterocycles. The zero-order chi connectivity index (χ0) is 12.5. The van der Waals surface area contributed by atoms with Crippen molar-refractivity contribution in [1.29, 1.82) is 0 Å². The molecular weight excluding hydrogens is 246 g/mol. The summed E-state index contributed by atoms with van der Waals surface area (Å²) in [6.07, 6.45) is 5.14. The Balaban J connectivity index is 1.53. The molecule has 2 atom stereocenters. The second-order valence-electron chi connectivity index (χ2n) is 5.39. The number of thiophene rings is 1. The number of hydrogen-bond acceptors (Lipinski definition) is 4. The molecule has 0 aliphatic carbocycles. The number of esters is 1. The zero-order valence-corrected chi connectivity index (χ0v) is 11.5. The summed E-state index contributed by atoms with van der Waals surface area (Å²) in [5.74, 6) is -0.0635. The van der Waals surface area contributed by atoms with E-state index in [0.29, 0.717) is 18.5 Å². The van der Waals surface area contributed by atoms with E-state index in [-0.39, 0.29) is 12.1 Å². The third-order valence-corrected chi connectivity index (χ3v) is 5.13. The molecule has 0 aromatic carbocycles. The van der Waals surface area contributed by atoms with Crippen LogP contribution in [0.1, 0.15) is 30.6 Å². The molecule has 2 bridgehead atoms. The number of hydrogen-bond donors (Lipinski definition) is 0. The van der Waals surface area contributed by atoms with Crippen molar-refractivity contribution in [2.24, 2.45) is 0 Å². The second-order valence-corrected chi connectivity index (χ2v) is 6.42. The van der Waals surface area contributed by atoms with Crippen molar-refractivity contribution in [3.8, 4) is 0 Å². The average Bonchev–Trinajstić information content (AvgIpc) is 2.87. The quantitative estimate of drug-likeness (QED) is 0.786. The molecule has 18 heavy (non-hydrogen) atoms. The van der Waals surface area contributed by atoms with Gasteiger partial charge in [0.25, 0.3) is 0 Å². The van der Waals surface area contributed by atoms with Gasteiger partial charge in [-0.25, -0.2) is 0 Å². The van der Waals surface area contributed by atoms with Gasteiger partial charge in [-0.1, -0.05) is 6.07 Å². The molecule has 2 fully saturated rings. The summed E-state index contributed by atoms with van der Waals surface area (Å²) in [4.78, 5) is 15.4. The minimum Gasteiger partial charge on any atom is -0.462 e. The summed E-state index contributed by atoms with van der Waals surface area (Å²) in [7, 11) is 2.20. The van der Waals surface area contributed by atoms with Crippen LogP contribution in [0.3, 0.4) is 0 Å². The maximum absolute atomic E-state index is 11.9. The first kappa shape index (κ1) is 12.2. The summed E-state index contributed by atoms with van der Waals surface area (Å²) in [6, 6.07) is 5.22. The van der Waals surface area contributed by atoms with Gasteiger partial charge in [-0.3, -0.25) is 4.79 Å². The number of piperidine rings is 1. The fraction of sp³-hybridized carbons (Fsp3) is 0.643. The standard InChI is InChI=1S/C14H19NO2S/c1-15-10-4-5-11(15)8-12(7-10)17-14(16)9-13-3-2-6-18-13/h2-3,6,10-12H,4-5,7-9H2,1H3. The molecule has 4 heteroatoms. The van der Waals surface area contributed by atoms with Gasteiger partial charge < -0.3 is 9.64 Å². The average molecular weight is 265 g/mol. The summed E-state index contributed by atoms with van der Waals surface area (Å²) >= 11 is 1.62. The number of fused-ring (bicyclic) bond motifs is 2. The molecule has 1 aromatic rings. The van der Waals surface area contributed by atoms with Crippen LogP contribution < -0.4 is 0 Å². The van der Waals surface area contributed by atoms with Gasteiger partial charge in [0.1, 0.15) is 6.10 Å². The van der Waals surface area contributed by atoms with Crippen LogP contribution in [0.15, 0.2) is 17.5 Å². The lowest BCUT2D eigenvalue weighted by Crippen LogP contribution is -2.43. The molecule has 3 heterocycles. The summed E-state index contributed by atoms with van der Waals surface area (Å²) in [6.45, 7) is 0. The lowest BCUT2D eigenvalue weighted by Gasteiger charge is -2.35. The van der Waals surface area contributed by atoms with Crippen LogP contribution >= 0.6 is 11.3 Å². The van der Waals surface area contributed by atoms with Crippen molar-refractivity contribution in [2.45, 2.75) is 50.3 Å². The maximum atomic E-state index is 11.9. The predicted molar refractivity (Wildman–Crippen MR) is 71.7 cm³/mol. The Hall–Kier alpha value is -0.870. The van der Waals surface area contributed by atoms with Crippen molar-refractivity contribution in [1.82, 2.24) is 4.90 Å². The molecule has 2 aliphatic rings. The first-order chi connectivity index (χ1) is 8.72. The number of ether oxygens (including phenoxy) is 1. The van der Waals surface area contributed by atoms with E-state index in [0.717, 1.165) is 17.7 Å². The normalized spacial score (nSPS) is 31.5. The third-order valence-electron chi connectivity index (χ3n) is 4.25. The van der Waals surface area contributed by atoms with Crippen LogP contribution in [0.2, 0.25) is 0 Å². The van der Waals surface area contributed by atoms with E-state index in [4.69, 9.17) is 4.74 Å². The largest absolute Gasteiger partial charge is 0.462 e. The Bertz CT molecular complexity index is 403. The Morgan fingerprint density at radius 2 is 2.17 bits per heavy atom. The molecule has 3 rings (SSSR count). The van der Waals surface area contributed by atoms with Gasteiger partial charge in [0, 0.05) is 17.0 Å². The van der Waals surface area contributed by atoms with Gasteiger partial charge >= 0.3 is 5.97 Å². The lowest BCUT2D eigenvalue weighted by atomic mass is 10.0. The van der Waals surface area contributed by atoms with Crippen LogP contribution in [0.4, 0.5) is 0 Å². The smallest absolute Gasteiger partial charge is 0.311 e. The molecule has 3 nitrogen and oxygen atoms in total. The third kappa shape index (κ3) is 2.45. The fourth-order valence-corrected chi connectivity index (χ4v) is 3.93. The number of rotatable bonds is 3. The summed E-state index contributed by atoms with van der Waals surface area (Å²) < 4.78 is 5.63. The molecule has 0 amide bonds. The van der Waals surface area contributed by atoms with Crippen LogP contribution in [-0.2, 0) is 16.0 Å². The van der Waals surface area contributed by atoms with Crippen LogP contribution in [0, 0.1) is 0 Å². The molecule has 0 radical (unpaired) electrons. The molecule has 0 N–H and O–H groups in total. The van der Waals surface area contributed by atoms with E-state index < -0.39 is 0 Å². The van der Waals surface area contributed by atoms with Crippen LogP contribution in [-0.4, -0.2) is 36.1 Å². The number of carbonyl (C=O) groups is 1. The van der Waals surface area contributed by atoms with Crippen molar-refractivity contribution in [2.75, 3.05) is 7.05 Å². The monoisotopic (exact) mass is 265 g/mol. The van der Waals surface area contributed by atoms with Crippen LogP contribution in [0.25, 0.3) is 0 Å². The topological polar surface area (TPSA) is 29.5 Å². The van der Waals surface area contributed by atoms with Crippen molar-refractivity contribution >= 4 is 17.3 Å². The summed E-state index contributed by atoms with van der Waals surface area (Å²) in [5.41, 5.74) is 0. The maximum Gasteiger partial charge on any atom is 0.311 e. The fourth-order valence-electron chi connectivity index (χ4n) is 3.24. The Labute approximate surface area is 112 Å². The Kier molecular flexibility index (Phi) is 3.39. The molecule has 2 saturated heterocycles. The molecule has 0 spiro atoms. The van der Waals surface area contributed by atoms with E-state index in [2.05, 4.69) is 11.9 Å². The first-order valence-electron chi connectivity index (χ1n) is 6.66. The first-order valence-corrected chi connectivity index (χ1v) is 7.54. The van der Waals surface area contributed by atoms with Gasteiger partial charge in [0.2, 0.25) is 0 Å². The lowest BCUT2D eigenvalue weighted by molar-refractivity contribution is -0.151. The number of carbonyl (C=O) groups excluding carboxylic acids is 1. The summed E-state index contributed by atoms with van der Waals surface area (Å²) in [5, 5.41) is 2.00. The van der Waals surface area contributed by atoms with E-state index in [9.17, 15) is 4.79 Å². The highest BCUT2D eigenvalue weighted by Gasteiger charge is 2.39. The molecule has 98 valence electrons. The highest BCUT2D eigenvalue weighted by atomic mass is 32.1. The Morgan fingerprint density at radius 1 is 1.44 bits per heavy atom. The van der Waals surface area contributed by atoms with E-state index in [1.165, 1.54) is 12.8 Å². The van der Waals surface area contributed by atoms with Crippen molar-refractivity contribution < 1.29 is 9.53 Å². The zero-order valence-electron chi connectivity index (χ0n) is 10.7.